The van der Waals surface area contributed by atoms with Crippen LogP contribution in [0.5, 0.6) is 0 Å². The third-order valence-corrected chi connectivity index (χ3v) is 5.24. The van der Waals surface area contributed by atoms with Gasteiger partial charge in [-0.25, -0.2) is 0 Å². The minimum atomic E-state index is -4.40. The van der Waals surface area contributed by atoms with Crippen LogP contribution >= 0.6 is 0 Å². The van der Waals surface area contributed by atoms with E-state index in [9.17, 15) is 18.0 Å². The van der Waals surface area contributed by atoms with E-state index in [4.69, 9.17) is 5.73 Å². The molecule has 1 atom stereocenters. The summed E-state index contributed by atoms with van der Waals surface area (Å²) in [5.41, 5.74) is 7.24. The maximum absolute atomic E-state index is 13.0. The number of aryl methyl sites for hydroxylation is 1. The number of fused-ring (bicyclic) bond motifs is 3. The molecule has 4 aromatic rings. The smallest absolute Gasteiger partial charge is 0.350 e. The van der Waals surface area contributed by atoms with Gasteiger partial charge in [-0.1, -0.05) is 0 Å². The van der Waals surface area contributed by atoms with Crippen molar-refractivity contribution < 1.29 is 18.0 Å². The third-order valence-electron chi connectivity index (χ3n) is 5.24. The molecule has 162 valence electrons. The van der Waals surface area contributed by atoms with E-state index in [1.807, 2.05) is 13.1 Å². The van der Waals surface area contributed by atoms with E-state index in [1.54, 1.807) is 34.5 Å². The summed E-state index contributed by atoms with van der Waals surface area (Å²) in [6, 6.07) is 10.2. The van der Waals surface area contributed by atoms with Gasteiger partial charge in [0.1, 0.15) is 0 Å². The predicted molar refractivity (Wildman–Crippen MR) is 113 cm³/mol. The minimum absolute atomic E-state index is 0.0525. The second-order valence-corrected chi connectivity index (χ2v) is 7.60. The van der Waals surface area contributed by atoms with Crippen molar-refractivity contribution in [2.24, 2.45) is 12.8 Å². The van der Waals surface area contributed by atoms with Gasteiger partial charge in [-0.2, -0.15) is 18.3 Å². The molecular weight excluding hydrogens is 407 g/mol. The van der Waals surface area contributed by atoms with Crippen molar-refractivity contribution in [2.75, 3.05) is 6.54 Å². The van der Waals surface area contributed by atoms with Gasteiger partial charge < -0.3 is 11.1 Å². The molecule has 2 aromatic heterocycles. The van der Waals surface area contributed by atoms with Crippen molar-refractivity contribution in [1.29, 1.82) is 0 Å². The Hall–Kier alpha value is -3.33. The Morgan fingerprint density at radius 3 is 2.52 bits per heavy atom. The number of amides is 1. The minimum Gasteiger partial charge on any atom is -0.350 e. The highest BCUT2D eigenvalue weighted by Crippen LogP contribution is 2.34. The Labute approximate surface area is 176 Å². The molecule has 0 bridgehead atoms. The first-order valence-electron chi connectivity index (χ1n) is 9.85. The Morgan fingerprint density at radius 2 is 1.87 bits per heavy atom. The molecule has 0 saturated heterocycles. The fraction of sp³-hybridized carbons (Fsp3) is 0.273. The van der Waals surface area contributed by atoms with Crippen molar-refractivity contribution >= 4 is 27.8 Å². The molecule has 2 aromatic carbocycles. The van der Waals surface area contributed by atoms with Crippen molar-refractivity contribution in [1.82, 2.24) is 19.7 Å². The Kier molecular flexibility index (Phi) is 5.22. The predicted octanol–water partition coefficient (Wildman–Crippen LogP) is 4.00. The number of hydrogen-bond donors (Lipinski definition) is 2. The van der Waals surface area contributed by atoms with E-state index in [1.165, 1.54) is 12.1 Å². The summed E-state index contributed by atoms with van der Waals surface area (Å²) in [7, 11) is 1.77. The van der Waals surface area contributed by atoms with Crippen molar-refractivity contribution in [3.05, 3.63) is 59.8 Å². The molecule has 0 unspecified atom stereocenters. The fourth-order valence-corrected chi connectivity index (χ4v) is 3.72. The SMILES string of the molecule is C[C@H](CCN)NC(=O)c1ccc2c(c1)c1cn(C)nc1n2-c1ccc(C(F)(F)F)cc1. The average Bonchev–Trinajstić information content (AvgIpc) is 3.22. The van der Waals surface area contributed by atoms with Gasteiger partial charge in [0.25, 0.3) is 5.91 Å². The average molecular weight is 429 g/mol. The Bertz CT molecular complexity index is 1250. The molecule has 0 aliphatic heterocycles. The van der Waals surface area contributed by atoms with Crippen LogP contribution in [0.15, 0.2) is 48.7 Å². The summed E-state index contributed by atoms with van der Waals surface area (Å²) in [4.78, 5) is 12.6. The van der Waals surface area contributed by atoms with E-state index in [2.05, 4.69) is 10.4 Å². The summed E-state index contributed by atoms with van der Waals surface area (Å²) < 4.78 is 42.3. The van der Waals surface area contributed by atoms with E-state index >= 15 is 0 Å². The van der Waals surface area contributed by atoms with Gasteiger partial charge in [0.15, 0.2) is 5.65 Å². The summed E-state index contributed by atoms with van der Waals surface area (Å²) in [6.45, 7) is 2.37. The first kappa shape index (κ1) is 20.9. The molecule has 3 N–H and O–H groups in total. The zero-order chi connectivity index (χ0) is 22.3. The molecule has 0 fully saturated rings. The highest BCUT2D eigenvalue weighted by Gasteiger charge is 2.30. The highest BCUT2D eigenvalue weighted by atomic mass is 19.4. The molecule has 9 heteroatoms. The van der Waals surface area contributed by atoms with Crippen LogP contribution in [0.4, 0.5) is 13.2 Å². The van der Waals surface area contributed by atoms with E-state index in [0.29, 0.717) is 29.9 Å². The topological polar surface area (TPSA) is 77.9 Å². The molecule has 1 amide bonds. The van der Waals surface area contributed by atoms with Gasteiger partial charge in [-0.3, -0.25) is 14.0 Å². The Balaban J connectivity index is 1.82. The molecule has 0 saturated carbocycles. The standard InChI is InChI=1S/C22H22F3N5O/c1-13(9-10-26)27-21(31)14-3-8-19-17(11-14)18-12-29(2)28-20(18)30(19)16-6-4-15(5-7-16)22(23,24)25/h3-8,11-13H,9-10,26H2,1-2H3,(H,27,31)/t13-/m1/s1. The zero-order valence-electron chi connectivity index (χ0n) is 17.1. The first-order chi connectivity index (χ1) is 14.7. The van der Waals surface area contributed by atoms with Crippen LogP contribution in [-0.2, 0) is 13.2 Å². The van der Waals surface area contributed by atoms with Crippen molar-refractivity contribution in [2.45, 2.75) is 25.6 Å². The number of nitrogens with zero attached hydrogens (tertiary/aromatic N) is 3. The number of alkyl halides is 3. The van der Waals surface area contributed by atoms with Crippen molar-refractivity contribution in [3.63, 3.8) is 0 Å². The highest BCUT2D eigenvalue weighted by molar-refractivity contribution is 6.10. The van der Waals surface area contributed by atoms with Gasteiger partial charge in [0.05, 0.1) is 11.1 Å². The maximum Gasteiger partial charge on any atom is 0.416 e. The lowest BCUT2D eigenvalue weighted by molar-refractivity contribution is -0.137. The molecule has 6 nitrogen and oxygen atoms in total. The van der Waals surface area contributed by atoms with Gasteiger partial charge in [0, 0.05) is 41.3 Å². The second-order valence-electron chi connectivity index (χ2n) is 7.60. The van der Waals surface area contributed by atoms with Crippen LogP contribution in [-0.4, -0.2) is 32.8 Å². The normalized spacial score (nSPS) is 13.1. The lowest BCUT2D eigenvalue weighted by Gasteiger charge is -2.13. The monoisotopic (exact) mass is 429 g/mol. The molecule has 0 radical (unpaired) electrons. The van der Waals surface area contributed by atoms with Crippen molar-refractivity contribution in [3.8, 4) is 5.69 Å². The summed E-state index contributed by atoms with van der Waals surface area (Å²) in [5, 5.41) is 9.01. The lowest BCUT2D eigenvalue weighted by Crippen LogP contribution is -2.34. The molecule has 0 aliphatic carbocycles. The number of nitrogens with one attached hydrogen (secondary N) is 1. The van der Waals surface area contributed by atoms with Gasteiger partial charge in [-0.15, -0.1) is 0 Å². The molecule has 2 heterocycles. The first-order valence-corrected chi connectivity index (χ1v) is 9.85. The van der Waals surface area contributed by atoms with Crippen LogP contribution in [0.1, 0.15) is 29.3 Å². The summed E-state index contributed by atoms with van der Waals surface area (Å²) >= 11 is 0. The third kappa shape index (κ3) is 3.88. The largest absolute Gasteiger partial charge is 0.416 e. The number of rotatable bonds is 5. The number of carbonyl (C=O) groups is 1. The molecule has 0 spiro atoms. The quantitative estimate of drug-likeness (QED) is 0.503. The number of halogens is 3. The molecule has 0 aliphatic rings. The number of nitrogens with two attached hydrogens (primary N) is 1. The van der Waals surface area contributed by atoms with Crippen LogP contribution in [0.3, 0.4) is 0 Å². The van der Waals surface area contributed by atoms with Crippen LogP contribution in [0.2, 0.25) is 0 Å². The number of aromatic nitrogens is 3. The number of hydrogen-bond acceptors (Lipinski definition) is 3. The number of benzene rings is 2. The van der Waals surface area contributed by atoms with E-state index in [0.717, 1.165) is 28.4 Å². The summed E-state index contributed by atoms with van der Waals surface area (Å²) in [5.74, 6) is -0.206. The maximum atomic E-state index is 13.0. The fourth-order valence-electron chi connectivity index (χ4n) is 3.72. The van der Waals surface area contributed by atoms with Gasteiger partial charge >= 0.3 is 6.18 Å². The van der Waals surface area contributed by atoms with Crippen LogP contribution in [0.25, 0.3) is 27.6 Å². The van der Waals surface area contributed by atoms with Crippen LogP contribution in [0, 0.1) is 0 Å². The second kappa shape index (κ2) is 7.73. The van der Waals surface area contributed by atoms with Crippen LogP contribution < -0.4 is 11.1 Å². The molecular formula is C22H22F3N5O. The molecule has 4 rings (SSSR count). The Morgan fingerprint density at radius 1 is 1.16 bits per heavy atom. The van der Waals surface area contributed by atoms with Gasteiger partial charge in [0.2, 0.25) is 0 Å². The van der Waals surface area contributed by atoms with Gasteiger partial charge in [-0.05, 0) is 62.4 Å². The summed E-state index contributed by atoms with van der Waals surface area (Å²) in [6.07, 6.45) is -1.90. The lowest BCUT2D eigenvalue weighted by atomic mass is 10.1. The zero-order valence-corrected chi connectivity index (χ0v) is 17.1. The van der Waals surface area contributed by atoms with E-state index in [-0.39, 0.29) is 11.9 Å². The molecule has 31 heavy (non-hydrogen) atoms. The van der Waals surface area contributed by atoms with E-state index < -0.39 is 11.7 Å². The number of carbonyl (C=O) groups excluding carboxylic acids is 1.